The van der Waals surface area contributed by atoms with Crippen LogP contribution in [-0.4, -0.2) is 23.4 Å². The van der Waals surface area contributed by atoms with Gasteiger partial charge in [0.2, 0.25) is 0 Å². The van der Waals surface area contributed by atoms with E-state index in [0.717, 1.165) is 36.3 Å². The highest BCUT2D eigenvalue weighted by atomic mass is 16.2. The largest absolute Gasteiger partial charge is 0.335 e. The van der Waals surface area contributed by atoms with E-state index in [4.69, 9.17) is 0 Å². The van der Waals surface area contributed by atoms with Crippen molar-refractivity contribution in [3.63, 3.8) is 0 Å². The monoisotopic (exact) mass is 283 g/mol. The lowest BCUT2D eigenvalue weighted by atomic mass is 9.68. The number of amides is 1. The van der Waals surface area contributed by atoms with Crippen molar-refractivity contribution in [2.75, 3.05) is 6.54 Å². The summed E-state index contributed by atoms with van der Waals surface area (Å²) in [5.74, 6) is 2.83. The zero-order chi connectivity index (χ0) is 14.4. The summed E-state index contributed by atoms with van der Waals surface area (Å²) in [7, 11) is 0. The maximum Gasteiger partial charge on any atom is 0.254 e. The maximum atomic E-state index is 12.9. The fourth-order valence-corrected chi connectivity index (χ4v) is 5.08. The van der Waals surface area contributed by atoms with Gasteiger partial charge >= 0.3 is 0 Å². The zero-order valence-electron chi connectivity index (χ0n) is 12.9. The molecule has 1 aromatic rings. The molecule has 5 rings (SSSR count). The number of benzene rings is 1. The van der Waals surface area contributed by atoms with Gasteiger partial charge in [0.05, 0.1) is 0 Å². The second-order valence-corrected chi connectivity index (χ2v) is 7.44. The lowest BCUT2D eigenvalue weighted by molar-refractivity contribution is 0.0632. The molecule has 2 saturated carbocycles. The molecule has 21 heavy (non-hydrogen) atoms. The van der Waals surface area contributed by atoms with Gasteiger partial charge in [0.25, 0.3) is 5.91 Å². The number of nitrogens with zero attached hydrogens (tertiary/aromatic N) is 1. The number of aryl methyl sites for hydroxylation is 1. The average molecular weight is 283 g/mol. The molecule has 4 fully saturated rings. The molecule has 0 spiro atoms. The molecule has 2 aliphatic carbocycles. The van der Waals surface area contributed by atoms with E-state index in [9.17, 15) is 4.79 Å². The Morgan fingerprint density at radius 2 is 1.62 bits per heavy atom. The predicted molar refractivity (Wildman–Crippen MR) is 84.2 cm³/mol. The van der Waals surface area contributed by atoms with Crippen LogP contribution in [0.25, 0.3) is 0 Å². The van der Waals surface area contributed by atoms with Crippen LogP contribution in [0.4, 0.5) is 0 Å². The highest BCUT2D eigenvalue weighted by molar-refractivity contribution is 5.94. The quantitative estimate of drug-likeness (QED) is 0.806. The van der Waals surface area contributed by atoms with Gasteiger partial charge in [0.1, 0.15) is 0 Å². The lowest BCUT2D eigenvalue weighted by Crippen LogP contribution is -2.42. The second kappa shape index (κ2) is 5.15. The van der Waals surface area contributed by atoms with Crippen LogP contribution in [0.5, 0.6) is 0 Å². The van der Waals surface area contributed by atoms with Crippen LogP contribution in [-0.2, 0) is 6.42 Å². The molecule has 2 aliphatic heterocycles. The second-order valence-electron chi connectivity index (χ2n) is 7.44. The van der Waals surface area contributed by atoms with Crippen LogP contribution in [0, 0.1) is 17.8 Å². The maximum absolute atomic E-state index is 12.9. The summed E-state index contributed by atoms with van der Waals surface area (Å²) in [6.45, 7) is 3.16. The Kier molecular flexibility index (Phi) is 3.28. The zero-order valence-corrected chi connectivity index (χ0v) is 12.9. The minimum Gasteiger partial charge on any atom is -0.335 e. The molecule has 0 aromatic heterocycles. The Morgan fingerprint density at radius 1 is 1.00 bits per heavy atom. The summed E-state index contributed by atoms with van der Waals surface area (Å²) in [4.78, 5) is 15.2. The Morgan fingerprint density at radius 3 is 2.24 bits per heavy atom. The lowest BCUT2D eigenvalue weighted by Gasteiger charge is -2.39. The first kappa shape index (κ1) is 13.4. The van der Waals surface area contributed by atoms with Gasteiger partial charge in [0.15, 0.2) is 0 Å². The summed E-state index contributed by atoms with van der Waals surface area (Å²) in [5.41, 5.74) is 2.19. The van der Waals surface area contributed by atoms with Crippen molar-refractivity contribution in [2.45, 2.75) is 51.5 Å². The van der Waals surface area contributed by atoms with E-state index in [1.54, 1.807) is 0 Å². The molecule has 4 bridgehead atoms. The molecule has 4 aliphatic rings. The summed E-state index contributed by atoms with van der Waals surface area (Å²) < 4.78 is 0. The minimum atomic E-state index is 0.274. The summed E-state index contributed by atoms with van der Waals surface area (Å²) in [6, 6.07) is 8.77. The third kappa shape index (κ3) is 2.39. The molecule has 2 nitrogen and oxygen atoms in total. The number of hydrogen-bond donors (Lipinski definition) is 0. The van der Waals surface area contributed by atoms with Crippen LogP contribution >= 0.6 is 0 Å². The number of hydrogen-bond acceptors (Lipinski definition) is 1. The normalized spacial score (nSPS) is 34.0. The number of carbonyl (C=O) groups excluding carboxylic acids is 1. The van der Waals surface area contributed by atoms with Crippen LogP contribution in [0.15, 0.2) is 24.3 Å². The van der Waals surface area contributed by atoms with Crippen molar-refractivity contribution in [2.24, 2.45) is 17.8 Å². The average Bonchev–Trinajstić information content (AvgIpc) is 2.70. The molecule has 2 saturated heterocycles. The minimum absolute atomic E-state index is 0.274. The molecule has 2 heteroatoms. The van der Waals surface area contributed by atoms with Gasteiger partial charge < -0.3 is 4.90 Å². The Hall–Kier alpha value is -1.31. The molecule has 112 valence electrons. The van der Waals surface area contributed by atoms with E-state index in [0.29, 0.717) is 6.04 Å². The van der Waals surface area contributed by atoms with Crippen molar-refractivity contribution in [3.05, 3.63) is 35.4 Å². The van der Waals surface area contributed by atoms with E-state index in [1.165, 1.54) is 37.7 Å². The molecule has 2 unspecified atom stereocenters. The van der Waals surface area contributed by atoms with Crippen LogP contribution in [0.1, 0.15) is 54.9 Å². The van der Waals surface area contributed by atoms with Gasteiger partial charge in [0, 0.05) is 18.2 Å². The van der Waals surface area contributed by atoms with Crippen molar-refractivity contribution < 1.29 is 4.79 Å². The number of fused-ring (bicyclic) bond motifs is 1. The molecule has 4 atom stereocenters. The molecule has 0 N–H and O–H groups in total. The fraction of sp³-hybridized carbons (Fsp3) is 0.632. The van der Waals surface area contributed by atoms with E-state index in [1.807, 2.05) is 12.1 Å². The third-order valence-electron chi connectivity index (χ3n) is 5.98. The third-order valence-corrected chi connectivity index (χ3v) is 5.98. The summed E-state index contributed by atoms with van der Waals surface area (Å²) in [6.07, 6.45) is 7.71. The Labute approximate surface area is 127 Å². The molecular weight excluding hydrogens is 258 g/mol. The number of rotatable bonds is 2. The molecular formula is C19H25NO. The van der Waals surface area contributed by atoms with Crippen LogP contribution in [0.3, 0.4) is 0 Å². The fourth-order valence-electron chi connectivity index (χ4n) is 5.08. The predicted octanol–water partition coefficient (Wildman–Crippen LogP) is 3.90. The highest BCUT2D eigenvalue weighted by Gasteiger charge is 2.44. The van der Waals surface area contributed by atoms with Crippen molar-refractivity contribution >= 4 is 5.91 Å². The van der Waals surface area contributed by atoms with Crippen molar-refractivity contribution in [3.8, 4) is 0 Å². The Bertz CT molecular complexity index is 521. The standard InChI is InChI=1S/C19H25NO/c1-2-13-3-5-17(6-4-13)19(21)20-12-16-8-14-7-15(9-16)11-18(20)10-14/h3-6,14-16,18H,2,7-12H2,1H3/t14-,15+,16?,18?. The summed E-state index contributed by atoms with van der Waals surface area (Å²) >= 11 is 0. The van der Waals surface area contributed by atoms with Gasteiger partial charge in [-0.25, -0.2) is 0 Å². The first-order valence-electron chi connectivity index (χ1n) is 8.62. The van der Waals surface area contributed by atoms with Crippen molar-refractivity contribution in [1.29, 1.82) is 0 Å². The first-order chi connectivity index (χ1) is 10.2. The van der Waals surface area contributed by atoms with Gasteiger partial charge in [-0.3, -0.25) is 4.79 Å². The van der Waals surface area contributed by atoms with E-state index < -0.39 is 0 Å². The van der Waals surface area contributed by atoms with E-state index >= 15 is 0 Å². The van der Waals surface area contributed by atoms with Crippen LogP contribution in [0.2, 0.25) is 0 Å². The van der Waals surface area contributed by atoms with Gasteiger partial charge in [-0.1, -0.05) is 19.1 Å². The van der Waals surface area contributed by atoms with E-state index in [-0.39, 0.29) is 5.91 Å². The van der Waals surface area contributed by atoms with Gasteiger partial charge in [-0.15, -0.1) is 0 Å². The Balaban J connectivity index is 1.58. The number of carbonyl (C=O) groups is 1. The van der Waals surface area contributed by atoms with Crippen LogP contribution < -0.4 is 0 Å². The van der Waals surface area contributed by atoms with Crippen molar-refractivity contribution in [1.82, 2.24) is 4.90 Å². The molecule has 2 heterocycles. The van der Waals surface area contributed by atoms with Gasteiger partial charge in [-0.2, -0.15) is 0 Å². The molecule has 1 aromatic carbocycles. The molecule has 0 radical (unpaired) electrons. The SMILES string of the molecule is CCc1ccc(C(=O)N2CC3C[C@@H]4CC2C[C@H](C3)C4)cc1. The highest BCUT2D eigenvalue weighted by Crippen LogP contribution is 2.47. The smallest absolute Gasteiger partial charge is 0.254 e. The topological polar surface area (TPSA) is 20.3 Å². The molecule has 1 amide bonds. The van der Waals surface area contributed by atoms with E-state index in [2.05, 4.69) is 24.0 Å². The van der Waals surface area contributed by atoms with Gasteiger partial charge in [-0.05, 0) is 74.0 Å². The first-order valence-corrected chi connectivity index (χ1v) is 8.62. The summed E-state index contributed by atoms with van der Waals surface area (Å²) in [5, 5.41) is 0.